The van der Waals surface area contributed by atoms with Crippen LogP contribution in [-0.2, 0) is 17.5 Å². The summed E-state index contributed by atoms with van der Waals surface area (Å²) < 4.78 is 39.2. The number of carbonyl (C=O) groups is 3. The number of halogens is 3. The van der Waals surface area contributed by atoms with Crippen molar-refractivity contribution in [3.8, 4) is 0 Å². The van der Waals surface area contributed by atoms with E-state index in [-0.39, 0.29) is 48.2 Å². The number of nitrogens with one attached hydrogen (secondary N) is 1. The third kappa shape index (κ3) is 4.63. The molecular formula is C24H24F3N3O4. The minimum Gasteiger partial charge on any atom is -0.395 e. The lowest BCUT2D eigenvalue weighted by atomic mass is 9.95. The van der Waals surface area contributed by atoms with Crippen LogP contribution in [0.3, 0.4) is 0 Å². The molecule has 180 valence electrons. The first kappa shape index (κ1) is 23.7. The van der Waals surface area contributed by atoms with E-state index in [0.29, 0.717) is 31.6 Å². The number of aliphatic hydroxyl groups excluding tert-OH is 1. The summed E-state index contributed by atoms with van der Waals surface area (Å²) in [5.41, 5.74) is 0.282. The molecule has 2 aromatic carbocycles. The molecule has 0 aliphatic carbocycles. The molecule has 0 aromatic heterocycles. The van der Waals surface area contributed by atoms with E-state index in [1.54, 1.807) is 12.1 Å². The molecule has 1 saturated heterocycles. The molecule has 0 bridgehead atoms. The van der Waals surface area contributed by atoms with Crippen molar-refractivity contribution in [1.82, 2.24) is 10.2 Å². The van der Waals surface area contributed by atoms with E-state index in [9.17, 15) is 27.6 Å². The number of benzene rings is 2. The number of aliphatic hydroxyl groups is 1. The molecule has 7 nitrogen and oxygen atoms in total. The average molecular weight is 475 g/mol. The van der Waals surface area contributed by atoms with Crippen LogP contribution in [0.15, 0.2) is 42.5 Å². The number of anilines is 1. The van der Waals surface area contributed by atoms with Gasteiger partial charge >= 0.3 is 6.18 Å². The number of carbonyl (C=O) groups excluding carboxylic acids is 3. The van der Waals surface area contributed by atoms with Gasteiger partial charge < -0.3 is 15.3 Å². The monoisotopic (exact) mass is 475 g/mol. The summed E-state index contributed by atoms with van der Waals surface area (Å²) in [5.74, 6) is -1.64. The van der Waals surface area contributed by atoms with E-state index >= 15 is 0 Å². The second-order valence-corrected chi connectivity index (χ2v) is 8.39. The van der Waals surface area contributed by atoms with Gasteiger partial charge in [-0.1, -0.05) is 18.2 Å². The highest BCUT2D eigenvalue weighted by Crippen LogP contribution is 2.35. The molecule has 0 spiro atoms. The summed E-state index contributed by atoms with van der Waals surface area (Å²) >= 11 is 0. The van der Waals surface area contributed by atoms with Crippen molar-refractivity contribution in [3.63, 3.8) is 0 Å². The standard InChI is InChI=1S/C24H24F3N3O4/c25-24(26,27)17-6-1-4-15(12-17)13-30-22(33)18-7-2-8-19(20(18)23(30)34)29-10-3-5-16(14-29)21(32)28-9-11-31/h1-2,4,6-8,12,16,31H,3,5,9-11,13-14H2,(H,28,32)/t16-/m0/s1. The molecule has 2 aromatic rings. The Kier molecular flexibility index (Phi) is 6.60. The fraction of sp³-hybridized carbons (Fsp3) is 0.375. The third-order valence-electron chi connectivity index (χ3n) is 6.12. The van der Waals surface area contributed by atoms with Crippen LogP contribution in [0.25, 0.3) is 0 Å². The molecule has 3 amide bonds. The zero-order chi connectivity index (χ0) is 24.5. The lowest BCUT2D eigenvalue weighted by molar-refractivity contribution is -0.137. The number of amides is 3. The van der Waals surface area contributed by atoms with Gasteiger partial charge in [-0.05, 0) is 42.7 Å². The molecule has 0 saturated carbocycles. The summed E-state index contributed by atoms with van der Waals surface area (Å²) in [7, 11) is 0. The first-order valence-electron chi connectivity index (χ1n) is 11.0. The van der Waals surface area contributed by atoms with Gasteiger partial charge in [0.1, 0.15) is 0 Å². The van der Waals surface area contributed by atoms with Crippen molar-refractivity contribution in [2.45, 2.75) is 25.6 Å². The fourth-order valence-electron chi connectivity index (χ4n) is 4.48. The normalized spacial score (nSPS) is 18.3. The summed E-state index contributed by atoms with van der Waals surface area (Å²) in [6.07, 6.45) is -3.16. The second kappa shape index (κ2) is 9.46. The summed E-state index contributed by atoms with van der Waals surface area (Å²) in [4.78, 5) is 41.5. The van der Waals surface area contributed by atoms with Crippen molar-refractivity contribution in [1.29, 1.82) is 0 Å². The molecular weight excluding hydrogens is 451 g/mol. The van der Waals surface area contributed by atoms with Crippen LogP contribution >= 0.6 is 0 Å². The molecule has 2 heterocycles. The number of nitrogens with zero attached hydrogens (tertiary/aromatic N) is 2. The van der Waals surface area contributed by atoms with Gasteiger partial charge in [-0.2, -0.15) is 13.2 Å². The van der Waals surface area contributed by atoms with Crippen LogP contribution in [0.4, 0.5) is 18.9 Å². The Balaban J connectivity index is 1.57. The molecule has 2 aliphatic heterocycles. The maximum absolute atomic E-state index is 13.3. The molecule has 2 aliphatic rings. The Bertz CT molecular complexity index is 1120. The van der Waals surface area contributed by atoms with E-state index < -0.39 is 23.6 Å². The summed E-state index contributed by atoms with van der Waals surface area (Å²) in [5, 5.41) is 11.6. The Morgan fingerprint density at radius 3 is 2.62 bits per heavy atom. The molecule has 10 heteroatoms. The van der Waals surface area contributed by atoms with Crippen LogP contribution in [0.5, 0.6) is 0 Å². The number of hydrogen-bond acceptors (Lipinski definition) is 5. The molecule has 1 atom stereocenters. The number of piperidine rings is 1. The quantitative estimate of drug-likeness (QED) is 0.628. The van der Waals surface area contributed by atoms with Gasteiger partial charge in [0.2, 0.25) is 5.91 Å². The summed E-state index contributed by atoms with van der Waals surface area (Å²) in [6, 6.07) is 9.46. The van der Waals surface area contributed by atoms with E-state index in [4.69, 9.17) is 5.11 Å². The second-order valence-electron chi connectivity index (χ2n) is 8.39. The third-order valence-corrected chi connectivity index (χ3v) is 6.12. The number of alkyl halides is 3. The molecule has 34 heavy (non-hydrogen) atoms. The summed E-state index contributed by atoms with van der Waals surface area (Å²) in [6.45, 7) is 0.667. The smallest absolute Gasteiger partial charge is 0.395 e. The van der Waals surface area contributed by atoms with Gasteiger partial charge in [0.15, 0.2) is 0 Å². The number of fused-ring (bicyclic) bond motifs is 1. The predicted molar refractivity (Wildman–Crippen MR) is 117 cm³/mol. The van der Waals surface area contributed by atoms with Crippen LogP contribution in [-0.4, -0.2) is 54.0 Å². The Labute approximate surface area is 194 Å². The molecule has 0 unspecified atom stereocenters. The highest BCUT2D eigenvalue weighted by atomic mass is 19.4. The number of rotatable bonds is 6. The highest BCUT2D eigenvalue weighted by Gasteiger charge is 2.40. The van der Waals surface area contributed by atoms with Crippen molar-refractivity contribution < 1.29 is 32.7 Å². The minimum atomic E-state index is -4.53. The van der Waals surface area contributed by atoms with Gasteiger partial charge in [0, 0.05) is 19.6 Å². The Morgan fingerprint density at radius 1 is 1.12 bits per heavy atom. The van der Waals surface area contributed by atoms with Crippen LogP contribution in [0.2, 0.25) is 0 Å². The maximum Gasteiger partial charge on any atom is 0.416 e. The molecule has 4 rings (SSSR count). The van der Waals surface area contributed by atoms with E-state index in [1.807, 2.05) is 4.90 Å². The van der Waals surface area contributed by atoms with E-state index in [0.717, 1.165) is 17.0 Å². The van der Waals surface area contributed by atoms with Crippen LogP contribution in [0.1, 0.15) is 44.7 Å². The number of imide groups is 1. The van der Waals surface area contributed by atoms with Crippen molar-refractivity contribution in [3.05, 3.63) is 64.7 Å². The van der Waals surface area contributed by atoms with Gasteiger partial charge in [0.05, 0.1) is 41.4 Å². The SMILES string of the molecule is O=C(NCCO)[C@H]1CCCN(c2cccc3c2C(=O)N(Cc2cccc(C(F)(F)F)c2)C3=O)C1. The zero-order valence-electron chi connectivity index (χ0n) is 18.3. The Hall–Kier alpha value is -3.40. The van der Waals surface area contributed by atoms with Gasteiger partial charge in [-0.15, -0.1) is 0 Å². The fourth-order valence-corrected chi connectivity index (χ4v) is 4.48. The topological polar surface area (TPSA) is 89.9 Å². The van der Waals surface area contributed by atoms with Crippen LogP contribution < -0.4 is 10.2 Å². The predicted octanol–water partition coefficient (Wildman–Crippen LogP) is 2.83. The van der Waals surface area contributed by atoms with Gasteiger partial charge in [-0.3, -0.25) is 19.3 Å². The van der Waals surface area contributed by atoms with Crippen molar-refractivity contribution in [2.24, 2.45) is 5.92 Å². The van der Waals surface area contributed by atoms with E-state index in [1.165, 1.54) is 18.2 Å². The molecule has 1 fully saturated rings. The average Bonchev–Trinajstić information content (AvgIpc) is 3.07. The van der Waals surface area contributed by atoms with Gasteiger partial charge in [0.25, 0.3) is 11.8 Å². The minimum absolute atomic E-state index is 0.160. The first-order chi connectivity index (χ1) is 16.2. The largest absolute Gasteiger partial charge is 0.416 e. The molecule has 0 radical (unpaired) electrons. The first-order valence-corrected chi connectivity index (χ1v) is 11.0. The zero-order valence-corrected chi connectivity index (χ0v) is 18.3. The molecule has 2 N–H and O–H groups in total. The lowest BCUT2D eigenvalue weighted by Crippen LogP contribution is -2.44. The number of hydrogen-bond donors (Lipinski definition) is 2. The van der Waals surface area contributed by atoms with Gasteiger partial charge in [-0.25, -0.2) is 0 Å². The highest BCUT2D eigenvalue weighted by molar-refractivity contribution is 6.23. The van der Waals surface area contributed by atoms with E-state index in [2.05, 4.69) is 5.32 Å². The lowest BCUT2D eigenvalue weighted by Gasteiger charge is -2.34. The van der Waals surface area contributed by atoms with Crippen molar-refractivity contribution in [2.75, 3.05) is 31.1 Å². The van der Waals surface area contributed by atoms with Crippen LogP contribution in [0, 0.1) is 5.92 Å². The van der Waals surface area contributed by atoms with Crippen molar-refractivity contribution >= 4 is 23.4 Å². The Morgan fingerprint density at radius 2 is 1.88 bits per heavy atom. The maximum atomic E-state index is 13.3.